The highest BCUT2D eigenvalue weighted by atomic mass is 32.1. The topological polar surface area (TPSA) is 51.8 Å². The molecule has 2 N–H and O–H groups in total. The molecule has 1 saturated heterocycles. The summed E-state index contributed by atoms with van der Waals surface area (Å²) in [6.45, 7) is 7.54. The van der Waals surface area contributed by atoms with Gasteiger partial charge >= 0.3 is 0 Å². The first-order chi connectivity index (χ1) is 10.00. The maximum Gasteiger partial charge on any atom is 0.170 e. The van der Waals surface area contributed by atoms with Gasteiger partial charge in [-0.15, -0.1) is 0 Å². The van der Waals surface area contributed by atoms with Crippen LogP contribution in [0.15, 0.2) is 24.3 Å². The number of anilines is 1. The van der Waals surface area contributed by atoms with E-state index in [1.54, 1.807) is 0 Å². The van der Waals surface area contributed by atoms with Crippen molar-refractivity contribution in [2.24, 2.45) is 0 Å². The molecule has 1 atom stereocenters. The zero-order valence-electron chi connectivity index (χ0n) is 12.6. The van der Waals surface area contributed by atoms with Crippen molar-refractivity contribution in [2.45, 2.75) is 32.7 Å². The zero-order chi connectivity index (χ0) is 15.3. The van der Waals surface area contributed by atoms with Crippen molar-refractivity contribution in [2.75, 3.05) is 25.1 Å². The second-order valence-corrected chi connectivity index (χ2v) is 5.62. The monoisotopic (exact) mass is 310 g/mol. The van der Waals surface area contributed by atoms with E-state index in [1.807, 2.05) is 45.0 Å². The van der Waals surface area contributed by atoms with Crippen molar-refractivity contribution >= 4 is 23.0 Å². The fraction of sp³-hybridized carbons (Fsp3) is 0.533. The maximum absolute atomic E-state index is 5.71. The molecule has 1 aliphatic heterocycles. The van der Waals surface area contributed by atoms with Crippen LogP contribution in [0, 0.1) is 0 Å². The van der Waals surface area contributed by atoms with Crippen LogP contribution in [0.2, 0.25) is 0 Å². The van der Waals surface area contributed by atoms with Gasteiger partial charge in [-0.1, -0.05) is 12.1 Å². The molecule has 5 nitrogen and oxygen atoms in total. The molecular weight excluding hydrogens is 288 g/mol. The molecule has 1 heterocycles. The Morgan fingerprint density at radius 3 is 2.86 bits per heavy atom. The molecule has 21 heavy (non-hydrogen) atoms. The Kier molecular flexibility index (Phi) is 5.39. The molecule has 0 amide bonds. The smallest absolute Gasteiger partial charge is 0.170 e. The third kappa shape index (κ3) is 4.84. The van der Waals surface area contributed by atoms with Crippen LogP contribution in [0.3, 0.4) is 0 Å². The minimum absolute atomic E-state index is 0.00175. The first-order valence-corrected chi connectivity index (χ1v) is 7.49. The molecule has 0 spiro atoms. The SMILES string of the molecule is CCOc1ccccc1NC(=S)NCC1COC(C)(C)O1. The van der Waals surface area contributed by atoms with Crippen LogP contribution in [0.1, 0.15) is 20.8 Å². The minimum Gasteiger partial charge on any atom is -0.492 e. The number of rotatable bonds is 5. The van der Waals surface area contributed by atoms with Crippen LogP contribution < -0.4 is 15.4 Å². The van der Waals surface area contributed by atoms with Gasteiger partial charge in [-0.05, 0) is 45.1 Å². The van der Waals surface area contributed by atoms with Crippen molar-refractivity contribution in [3.05, 3.63) is 24.3 Å². The van der Waals surface area contributed by atoms with Crippen molar-refractivity contribution in [1.29, 1.82) is 0 Å². The molecule has 1 aliphatic rings. The summed E-state index contributed by atoms with van der Waals surface area (Å²) in [6, 6.07) is 7.70. The highest BCUT2D eigenvalue weighted by molar-refractivity contribution is 7.80. The Labute approximate surface area is 131 Å². The molecule has 0 saturated carbocycles. The van der Waals surface area contributed by atoms with E-state index < -0.39 is 5.79 Å². The summed E-state index contributed by atoms with van der Waals surface area (Å²) >= 11 is 5.30. The van der Waals surface area contributed by atoms with E-state index >= 15 is 0 Å². The van der Waals surface area contributed by atoms with Gasteiger partial charge in [-0.2, -0.15) is 0 Å². The summed E-state index contributed by atoms with van der Waals surface area (Å²) < 4.78 is 16.8. The van der Waals surface area contributed by atoms with Crippen LogP contribution in [-0.2, 0) is 9.47 Å². The Bertz CT molecular complexity index is 494. The lowest BCUT2D eigenvalue weighted by molar-refractivity contribution is -0.137. The fourth-order valence-corrected chi connectivity index (χ4v) is 2.28. The quantitative estimate of drug-likeness (QED) is 0.815. The normalized spacial score (nSPS) is 20.0. The summed E-state index contributed by atoms with van der Waals surface area (Å²) in [5.74, 6) is 0.272. The van der Waals surface area contributed by atoms with Gasteiger partial charge in [0, 0.05) is 6.54 Å². The molecule has 0 bridgehead atoms. The lowest BCUT2D eigenvalue weighted by Gasteiger charge is -2.18. The van der Waals surface area contributed by atoms with Gasteiger partial charge < -0.3 is 24.8 Å². The van der Waals surface area contributed by atoms with Gasteiger partial charge in [0.15, 0.2) is 10.9 Å². The van der Waals surface area contributed by atoms with Crippen molar-refractivity contribution < 1.29 is 14.2 Å². The van der Waals surface area contributed by atoms with Gasteiger partial charge in [0.2, 0.25) is 0 Å². The molecule has 1 fully saturated rings. The van der Waals surface area contributed by atoms with Crippen molar-refractivity contribution in [1.82, 2.24) is 5.32 Å². The highest BCUT2D eigenvalue weighted by Crippen LogP contribution is 2.24. The number of thiocarbonyl (C=S) groups is 1. The molecule has 0 aliphatic carbocycles. The predicted octanol–water partition coefficient (Wildman–Crippen LogP) is 2.52. The van der Waals surface area contributed by atoms with Gasteiger partial charge in [0.1, 0.15) is 11.9 Å². The number of hydrogen-bond acceptors (Lipinski definition) is 4. The number of para-hydroxylation sites is 2. The Hall–Kier alpha value is -1.37. The van der Waals surface area contributed by atoms with Crippen molar-refractivity contribution in [3.8, 4) is 5.75 Å². The van der Waals surface area contributed by atoms with Gasteiger partial charge in [-0.3, -0.25) is 0 Å². The van der Waals surface area contributed by atoms with Crippen LogP contribution in [0.25, 0.3) is 0 Å². The largest absolute Gasteiger partial charge is 0.492 e. The van der Waals surface area contributed by atoms with E-state index in [2.05, 4.69) is 10.6 Å². The number of hydrogen-bond donors (Lipinski definition) is 2. The summed E-state index contributed by atoms with van der Waals surface area (Å²) in [6.07, 6.45) is 0.00175. The minimum atomic E-state index is -0.511. The third-order valence-electron chi connectivity index (χ3n) is 2.99. The van der Waals surface area contributed by atoms with E-state index in [1.165, 1.54) is 0 Å². The van der Waals surface area contributed by atoms with Crippen LogP contribution in [0.4, 0.5) is 5.69 Å². The van der Waals surface area contributed by atoms with E-state index in [9.17, 15) is 0 Å². The van der Waals surface area contributed by atoms with Crippen molar-refractivity contribution in [3.63, 3.8) is 0 Å². The lowest BCUT2D eigenvalue weighted by Crippen LogP contribution is -2.36. The summed E-state index contributed by atoms with van der Waals surface area (Å²) in [5, 5.41) is 6.82. The predicted molar refractivity (Wildman–Crippen MR) is 86.7 cm³/mol. The Morgan fingerprint density at radius 2 is 2.19 bits per heavy atom. The fourth-order valence-electron chi connectivity index (χ4n) is 2.09. The molecule has 0 aromatic heterocycles. The van der Waals surface area contributed by atoms with Crippen LogP contribution in [-0.4, -0.2) is 36.8 Å². The number of nitrogens with one attached hydrogen (secondary N) is 2. The van der Waals surface area contributed by atoms with Crippen LogP contribution in [0.5, 0.6) is 5.75 Å². The molecule has 6 heteroatoms. The van der Waals surface area contributed by atoms with Gasteiger partial charge in [0.05, 0.1) is 18.9 Å². The maximum atomic E-state index is 5.71. The Balaban J connectivity index is 1.82. The van der Waals surface area contributed by atoms with E-state index in [4.69, 9.17) is 26.4 Å². The summed E-state index contributed by atoms with van der Waals surface area (Å²) in [4.78, 5) is 0. The molecule has 2 rings (SSSR count). The standard InChI is InChI=1S/C15H22N2O3S/c1-4-18-13-8-6-5-7-12(13)17-14(21)16-9-11-10-19-15(2,3)20-11/h5-8,11H,4,9-10H2,1-3H3,(H2,16,17,21). The van der Waals surface area contributed by atoms with Crippen LogP contribution >= 0.6 is 12.2 Å². The first kappa shape index (κ1) is 16.0. The van der Waals surface area contributed by atoms with E-state index in [-0.39, 0.29) is 6.10 Å². The second kappa shape index (κ2) is 7.06. The molecule has 1 aromatic rings. The average molecular weight is 310 g/mol. The van der Waals surface area contributed by atoms with E-state index in [0.29, 0.717) is 24.9 Å². The number of ether oxygens (including phenoxy) is 3. The molecule has 0 radical (unpaired) electrons. The third-order valence-corrected chi connectivity index (χ3v) is 3.24. The molecule has 116 valence electrons. The summed E-state index contributed by atoms with van der Waals surface area (Å²) in [7, 11) is 0. The zero-order valence-corrected chi connectivity index (χ0v) is 13.5. The Morgan fingerprint density at radius 1 is 1.43 bits per heavy atom. The molecular formula is C15H22N2O3S. The lowest BCUT2D eigenvalue weighted by atomic mass is 10.3. The first-order valence-electron chi connectivity index (χ1n) is 7.08. The highest BCUT2D eigenvalue weighted by Gasteiger charge is 2.32. The number of benzene rings is 1. The van der Waals surface area contributed by atoms with E-state index in [0.717, 1.165) is 11.4 Å². The average Bonchev–Trinajstić information content (AvgIpc) is 2.79. The second-order valence-electron chi connectivity index (χ2n) is 5.21. The van der Waals surface area contributed by atoms with Gasteiger partial charge in [0.25, 0.3) is 0 Å². The van der Waals surface area contributed by atoms with Gasteiger partial charge in [-0.25, -0.2) is 0 Å². The molecule has 1 aromatic carbocycles. The molecule has 1 unspecified atom stereocenters. The summed E-state index contributed by atoms with van der Waals surface area (Å²) in [5.41, 5.74) is 0.848.